The van der Waals surface area contributed by atoms with Gasteiger partial charge in [0, 0.05) is 24.7 Å². The summed E-state index contributed by atoms with van der Waals surface area (Å²) in [5, 5.41) is 0. The Morgan fingerprint density at radius 2 is 2.00 bits per heavy atom. The van der Waals surface area contributed by atoms with Crippen LogP contribution < -0.4 is 0 Å². The highest BCUT2D eigenvalue weighted by molar-refractivity contribution is 9.11. The Kier molecular flexibility index (Phi) is 6.80. The Morgan fingerprint density at radius 3 is 2.60 bits per heavy atom. The third-order valence-corrected chi connectivity index (χ3v) is 5.35. The average Bonchev–Trinajstić information content (AvgIpc) is 3.09. The summed E-state index contributed by atoms with van der Waals surface area (Å²) in [5.74, 6) is -0.617. The number of hydrogen-bond acceptors (Lipinski definition) is 5. The number of methoxy groups -OCH3 is 1. The van der Waals surface area contributed by atoms with Gasteiger partial charge >= 0.3 is 5.97 Å². The molecule has 0 aromatic carbocycles. The van der Waals surface area contributed by atoms with Crippen LogP contribution in [0.1, 0.15) is 37.0 Å². The van der Waals surface area contributed by atoms with Gasteiger partial charge < -0.3 is 19.4 Å². The van der Waals surface area contributed by atoms with Gasteiger partial charge in [0.25, 0.3) is 5.91 Å². The van der Waals surface area contributed by atoms with Gasteiger partial charge in [0.15, 0.2) is 0 Å². The number of nitrogens with one attached hydrogen (secondary N) is 1. The van der Waals surface area contributed by atoms with Crippen molar-refractivity contribution in [2.45, 2.75) is 20.4 Å². The van der Waals surface area contributed by atoms with Gasteiger partial charge in [-0.3, -0.25) is 4.79 Å². The van der Waals surface area contributed by atoms with E-state index in [1.54, 1.807) is 44.2 Å². The van der Waals surface area contributed by atoms with E-state index < -0.39 is 5.97 Å². The smallest absolute Gasteiger partial charge is 0.340 e. The van der Waals surface area contributed by atoms with E-state index in [1.807, 2.05) is 12.1 Å². The molecule has 0 unspecified atom stereocenters. The highest BCUT2D eigenvalue weighted by Gasteiger charge is 2.25. The second kappa shape index (κ2) is 8.64. The summed E-state index contributed by atoms with van der Waals surface area (Å²) < 4.78 is 11.1. The highest BCUT2D eigenvalue weighted by Crippen LogP contribution is 2.24. The number of halogens is 1. The molecule has 8 heteroatoms. The molecule has 2 heterocycles. The summed E-state index contributed by atoms with van der Waals surface area (Å²) in [6.07, 6.45) is 0. The molecule has 2 aromatic rings. The molecule has 0 saturated heterocycles. The van der Waals surface area contributed by atoms with Crippen LogP contribution in [-0.4, -0.2) is 49.1 Å². The molecule has 0 fully saturated rings. The fraction of sp³-hybridized carbons (Fsp3) is 0.412. The number of carbonyl (C=O) groups is 2. The number of H-pyrrole nitrogens is 1. The van der Waals surface area contributed by atoms with E-state index in [0.717, 1.165) is 8.66 Å². The Hall–Kier alpha value is -1.64. The minimum Gasteiger partial charge on any atom is -0.460 e. The van der Waals surface area contributed by atoms with Gasteiger partial charge in [-0.15, -0.1) is 11.3 Å². The summed E-state index contributed by atoms with van der Waals surface area (Å²) >= 11 is 5.00. The zero-order valence-corrected chi connectivity index (χ0v) is 17.0. The zero-order valence-electron chi connectivity index (χ0n) is 14.6. The third-order valence-electron chi connectivity index (χ3n) is 3.74. The molecule has 1 N–H and O–H groups in total. The summed E-state index contributed by atoms with van der Waals surface area (Å²) in [6.45, 7) is 4.52. The van der Waals surface area contributed by atoms with E-state index in [1.165, 1.54) is 0 Å². The number of amides is 1. The fourth-order valence-electron chi connectivity index (χ4n) is 2.49. The summed E-state index contributed by atoms with van der Waals surface area (Å²) in [5.41, 5.74) is 2.04. The van der Waals surface area contributed by atoms with Crippen molar-refractivity contribution in [3.63, 3.8) is 0 Å². The molecule has 2 aromatic heterocycles. The molecule has 2 rings (SSSR count). The lowest BCUT2D eigenvalue weighted by atomic mass is 10.1. The second-order valence-corrected chi connectivity index (χ2v) is 8.17. The summed E-state index contributed by atoms with van der Waals surface area (Å²) in [4.78, 5) is 30.7. The SMILES string of the molecule is COCCOC(=O)c1c(C)[nH]c(C(=O)N(C)Cc2ccc(Br)s2)c1C. The molecular formula is C17H21BrN2O4S. The number of esters is 1. The van der Waals surface area contributed by atoms with Gasteiger partial charge in [0.05, 0.1) is 22.5 Å². The predicted molar refractivity (Wildman–Crippen MR) is 100 cm³/mol. The van der Waals surface area contributed by atoms with E-state index in [9.17, 15) is 9.59 Å². The van der Waals surface area contributed by atoms with E-state index >= 15 is 0 Å². The van der Waals surface area contributed by atoms with Crippen molar-refractivity contribution >= 4 is 39.1 Å². The van der Waals surface area contributed by atoms with E-state index in [0.29, 0.717) is 35.7 Å². The summed E-state index contributed by atoms with van der Waals surface area (Å²) in [7, 11) is 3.28. The minimum atomic E-state index is -0.452. The normalized spacial score (nSPS) is 10.8. The maximum atomic E-state index is 12.7. The number of hydrogen-bond donors (Lipinski definition) is 1. The Morgan fingerprint density at radius 1 is 1.28 bits per heavy atom. The lowest BCUT2D eigenvalue weighted by Crippen LogP contribution is -2.26. The van der Waals surface area contributed by atoms with Crippen LogP contribution in [0.15, 0.2) is 15.9 Å². The van der Waals surface area contributed by atoms with E-state index in [2.05, 4.69) is 20.9 Å². The van der Waals surface area contributed by atoms with E-state index in [4.69, 9.17) is 9.47 Å². The first kappa shape index (κ1) is 19.7. The number of nitrogens with zero attached hydrogens (tertiary/aromatic N) is 1. The van der Waals surface area contributed by atoms with Gasteiger partial charge in [-0.2, -0.15) is 0 Å². The van der Waals surface area contributed by atoms with Gasteiger partial charge in [-0.05, 0) is 47.5 Å². The molecule has 0 saturated carbocycles. The Balaban J connectivity index is 2.14. The fourth-order valence-corrected chi connectivity index (χ4v) is 4.03. The van der Waals surface area contributed by atoms with Crippen molar-refractivity contribution in [2.75, 3.05) is 27.4 Å². The average molecular weight is 429 g/mol. The number of aromatic nitrogens is 1. The van der Waals surface area contributed by atoms with Crippen LogP contribution in [0.25, 0.3) is 0 Å². The third kappa shape index (κ3) is 4.71. The van der Waals surface area contributed by atoms with Crippen LogP contribution in [0.5, 0.6) is 0 Å². The van der Waals surface area contributed by atoms with Crippen molar-refractivity contribution in [1.29, 1.82) is 0 Å². The molecule has 0 aliphatic heterocycles. The van der Waals surface area contributed by atoms with Gasteiger partial charge in [0.1, 0.15) is 12.3 Å². The Bertz CT molecular complexity index is 769. The van der Waals surface area contributed by atoms with Crippen LogP contribution in [0.2, 0.25) is 0 Å². The molecule has 0 atom stereocenters. The van der Waals surface area contributed by atoms with Crippen LogP contribution in [-0.2, 0) is 16.0 Å². The molecule has 25 heavy (non-hydrogen) atoms. The molecule has 6 nitrogen and oxygen atoms in total. The topological polar surface area (TPSA) is 71.6 Å². The molecule has 1 amide bonds. The molecule has 0 spiro atoms. The number of thiophene rings is 1. The van der Waals surface area contributed by atoms with Gasteiger partial charge in [0.2, 0.25) is 0 Å². The van der Waals surface area contributed by atoms with Crippen LogP contribution in [0.3, 0.4) is 0 Å². The monoisotopic (exact) mass is 428 g/mol. The van der Waals surface area contributed by atoms with Crippen molar-refractivity contribution in [2.24, 2.45) is 0 Å². The highest BCUT2D eigenvalue weighted by atomic mass is 79.9. The van der Waals surface area contributed by atoms with Crippen molar-refractivity contribution < 1.29 is 19.1 Å². The van der Waals surface area contributed by atoms with Gasteiger partial charge in [-0.25, -0.2) is 4.79 Å². The van der Waals surface area contributed by atoms with E-state index in [-0.39, 0.29) is 12.5 Å². The summed E-state index contributed by atoms with van der Waals surface area (Å²) in [6, 6.07) is 3.93. The first-order valence-electron chi connectivity index (χ1n) is 7.70. The van der Waals surface area contributed by atoms with Gasteiger partial charge in [-0.1, -0.05) is 0 Å². The molecular weight excluding hydrogens is 408 g/mol. The minimum absolute atomic E-state index is 0.166. The first-order chi connectivity index (χ1) is 11.8. The number of aryl methyl sites for hydroxylation is 1. The number of carbonyl (C=O) groups excluding carboxylic acids is 2. The first-order valence-corrected chi connectivity index (χ1v) is 9.31. The maximum absolute atomic E-state index is 12.7. The largest absolute Gasteiger partial charge is 0.460 e. The van der Waals surface area contributed by atoms with Crippen molar-refractivity contribution in [3.8, 4) is 0 Å². The maximum Gasteiger partial charge on any atom is 0.340 e. The van der Waals surface area contributed by atoms with Crippen LogP contribution in [0.4, 0.5) is 0 Å². The molecule has 0 aliphatic rings. The molecule has 0 aliphatic carbocycles. The van der Waals surface area contributed by atoms with Crippen molar-refractivity contribution in [1.82, 2.24) is 9.88 Å². The van der Waals surface area contributed by atoms with Crippen molar-refractivity contribution in [3.05, 3.63) is 43.3 Å². The van der Waals surface area contributed by atoms with Crippen LogP contribution in [0, 0.1) is 13.8 Å². The number of aromatic amines is 1. The number of rotatable bonds is 7. The molecule has 0 radical (unpaired) electrons. The Labute approximate surface area is 159 Å². The lowest BCUT2D eigenvalue weighted by molar-refractivity contribution is 0.0387. The second-order valence-electron chi connectivity index (χ2n) is 5.62. The molecule has 136 valence electrons. The zero-order chi connectivity index (χ0) is 18.6. The quantitative estimate of drug-likeness (QED) is 0.540. The standard InChI is InChI=1S/C17H21BrN2O4S/c1-10-14(17(22)24-8-7-23-4)11(2)19-15(10)16(21)20(3)9-12-5-6-13(18)25-12/h5-6,19H,7-9H2,1-4H3. The molecule has 0 bridgehead atoms. The van der Waals surface area contributed by atoms with Crippen LogP contribution >= 0.6 is 27.3 Å². The lowest BCUT2D eigenvalue weighted by Gasteiger charge is -2.16. The predicted octanol–water partition coefficient (Wildman–Crippen LogP) is 3.53. The number of ether oxygens (including phenoxy) is 2.